The molecule has 6 nitrogen and oxygen atoms in total. The van der Waals surface area contributed by atoms with Gasteiger partial charge in [0.2, 0.25) is 5.91 Å². The van der Waals surface area contributed by atoms with E-state index in [-0.39, 0.29) is 23.3 Å². The lowest BCUT2D eigenvalue weighted by molar-refractivity contribution is -0.123. The fourth-order valence-corrected chi connectivity index (χ4v) is 4.08. The molecule has 1 aromatic carbocycles. The van der Waals surface area contributed by atoms with Crippen LogP contribution in [0, 0.1) is 11.3 Å². The van der Waals surface area contributed by atoms with Gasteiger partial charge in [0.1, 0.15) is 0 Å². The van der Waals surface area contributed by atoms with E-state index in [4.69, 9.17) is 0 Å². The highest BCUT2D eigenvalue weighted by molar-refractivity contribution is 5.90. The summed E-state index contributed by atoms with van der Waals surface area (Å²) in [5.74, 6) is 0.102. The van der Waals surface area contributed by atoms with Gasteiger partial charge in [-0.15, -0.1) is 0 Å². The number of carbonyl (C=O) groups is 2. The van der Waals surface area contributed by atoms with E-state index >= 15 is 0 Å². The van der Waals surface area contributed by atoms with Crippen LogP contribution in [0.1, 0.15) is 30.9 Å². The van der Waals surface area contributed by atoms with Crippen molar-refractivity contribution in [2.24, 2.45) is 11.3 Å². The van der Waals surface area contributed by atoms with Crippen LogP contribution < -0.4 is 10.6 Å². The number of carbonyl (C=O) groups excluding carboxylic acids is 2. The predicted molar refractivity (Wildman–Crippen MR) is 108 cm³/mol. The summed E-state index contributed by atoms with van der Waals surface area (Å²) >= 11 is 0. The van der Waals surface area contributed by atoms with Crippen molar-refractivity contribution in [2.75, 3.05) is 18.4 Å². The van der Waals surface area contributed by atoms with Crippen molar-refractivity contribution in [2.45, 2.75) is 32.7 Å². The molecule has 2 N–H and O–H groups in total. The number of likely N-dealkylation sites (tertiary alicyclic amines) is 1. The van der Waals surface area contributed by atoms with Gasteiger partial charge in [0, 0.05) is 49.0 Å². The first-order chi connectivity index (χ1) is 13.6. The molecule has 2 heterocycles. The van der Waals surface area contributed by atoms with Crippen LogP contribution in [0.3, 0.4) is 0 Å². The summed E-state index contributed by atoms with van der Waals surface area (Å²) in [6.45, 7) is 3.98. The average molecular weight is 378 g/mol. The van der Waals surface area contributed by atoms with Crippen LogP contribution in [0.4, 0.5) is 10.5 Å². The van der Waals surface area contributed by atoms with Crippen molar-refractivity contribution in [3.05, 3.63) is 59.9 Å². The lowest BCUT2D eigenvalue weighted by Crippen LogP contribution is -2.34. The van der Waals surface area contributed by atoms with Crippen LogP contribution in [-0.4, -0.2) is 34.9 Å². The van der Waals surface area contributed by atoms with E-state index in [0.29, 0.717) is 19.6 Å². The van der Waals surface area contributed by atoms with E-state index < -0.39 is 0 Å². The molecule has 146 valence electrons. The van der Waals surface area contributed by atoms with Crippen LogP contribution in [0.15, 0.2) is 48.8 Å². The lowest BCUT2D eigenvalue weighted by Gasteiger charge is -2.18. The molecule has 1 aromatic heterocycles. The number of aryl methyl sites for hydroxylation is 1. The first-order valence-electron chi connectivity index (χ1n) is 9.91. The van der Waals surface area contributed by atoms with Gasteiger partial charge in [0.05, 0.1) is 0 Å². The summed E-state index contributed by atoms with van der Waals surface area (Å²) in [6, 6.07) is 11.7. The zero-order valence-corrected chi connectivity index (χ0v) is 16.1. The number of urea groups is 1. The number of nitrogens with zero attached hydrogens (tertiary/aromatic N) is 2. The fraction of sp³-hybridized carbons (Fsp3) is 0.409. The summed E-state index contributed by atoms with van der Waals surface area (Å²) in [5.41, 5.74) is 3.06. The molecule has 3 amide bonds. The van der Waals surface area contributed by atoms with Crippen LogP contribution in [0.25, 0.3) is 0 Å². The van der Waals surface area contributed by atoms with Gasteiger partial charge in [-0.3, -0.25) is 9.78 Å². The van der Waals surface area contributed by atoms with Crippen molar-refractivity contribution < 1.29 is 9.59 Å². The smallest absolute Gasteiger partial charge is 0.321 e. The standard InChI is InChI=1S/C22H26N4O2/c1-2-16-3-5-18(6-4-16)25-21(28)26-12-9-22(15-26)13-19(22)20(27)24-14-17-7-10-23-11-8-17/h3-8,10-11,19H,2,9,12-15H2,1H3,(H,24,27)(H,25,28)/t19-,22+/m1/s1. The average Bonchev–Trinajstić information content (AvgIpc) is 3.26. The maximum Gasteiger partial charge on any atom is 0.321 e. The summed E-state index contributed by atoms with van der Waals surface area (Å²) in [5, 5.41) is 5.99. The molecule has 2 aliphatic rings. The van der Waals surface area contributed by atoms with Crippen molar-refractivity contribution in [3.8, 4) is 0 Å². The number of nitrogens with one attached hydrogen (secondary N) is 2. The molecule has 2 aromatic rings. The second-order valence-electron chi connectivity index (χ2n) is 7.84. The zero-order valence-electron chi connectivity index (χ0n) is 16.1. The Bertz CT molecular complexity index is 853. The second-order valence-corrected chi connectivity index (χ2v) is 7.84. The minimum atomic E-state index is -0.0797. The molecule has 28 heavy (non-hydrogen) atoms. The minimum absolute atomic E-state index is 0.0102. The SMILES string of the molecule is CCc1ccc(NC(=O)N2CC[C@]3(C[C@@H]3C(=O)NCc3ccncc3)C2)cc1. The highest BCUT2D eigenvalue weighted by Crippen LogP contribution is 2.58. The van der Waals surface area contributed by atoms with Gasteiger partial charge in [-0.1, -0.05) is 19.1 Å². The predicted octanol–water partition coefficient (Wildman–Crippen LogP) is 3.20. The molecule has 2 atom stereocenters. The first-order valence-corrected chi connectivity index (χ1v) is 9.91. The number of hydrogen-bond acceptors (Lipinski definition) is 3. The van der Waals surface area contributed by atoms with Gasteiger partial charge >= 0.3 is 6.03 Å². The normalized spacial score (nSPS) is 22.9. The van der Waals surface area contributed by atoms with Crippen LogP contribution in [-0.2, 0) is 17.8 Å². The Hall–Kier alpha value is -2.89. The number of pyridine rings is 1. The first kappa shape index (κ1) is 18.5. The molecule has 1 aliphatic carbocycles. The van der Waals surface area contributed by atoms with Gasteiger partial charge in [-0.05, 0) is 54.7 Å². The Labute approximate surface area is 165 Å². The lowest BCUT2D eigenvalue weighted by atomic mass is 10.0. The maximum atomic E-state index is 12.6. The Morgan fingerprint density at radius 1 is 1.14 bits per heavy atom. The van der Waals surface area contributed by atoms with E-state index in [1.165, 1.54) is 5.56 Å². The molecule has 4 rings (SSSR count). The quantitative estimate of drug-likeness (QED) is 0.839. The van der Waals surface area contributed by atoms with Crippen LogP contribution >= 0.6 is 0 Å². The molecule has 1 saturated carbocycles. The van der Waals surface area contributed by atoms with Crippen molar-refractivity contribution in [1.82, 2.24) is 15.2 Å². The van der Waals surface area contributed by atoms with E-state index in [2.05, 4.69) is 22.5 Å². The van der Waals surface area contributed by atoms with Crippen molar-refractivity contribution in [1.29, 1.82) is 0 Å². The topological polar surface area (TPSA) is 74.3 Å². The van der Waals surface area contributed by atoms with Crippen molar-refractivity contribution >= 4 is 17.6 Å². The van der Waals surface area contributed by atoms with Gasteiger partial charge in [0.25, 0.3) is 0 Å². The van der Waals surface area contributed by atoms with Crippen molar-refractivity contribution in [3.63, 3.8) is 0 Å². The monoisotopic (exact) mass is 378 g/mol. The van der Waals surface area contributed by atoms with Gasteiger partial charge < -0.3 is 15.5 Å². The third-order valence-corrected chi connectivity index (χ3v) is 6.01. The zero-order chi connectivity index (χ0) is 19.6. The fourth-order valence-electron chi connectivity index (χ4n) is 4.08. The third kappa shape index (κ3) is 3.86. The summed E-state index contributed by atoms with van der Waals surface area (Å²) in [7, 11) is 0. The highest BCUT2D eigenvalue weighted by Gasteiger charge is 2.61. The molecule has 1 aliphatic heterocycles. The molecule has 0 bridgehead atoms. The van der Waals surface area contributed by atoms with Gasteiger partial charge in [0.15, 0.2) is 0 Å². The van der Waals surface area contributed by atoms with Gasteiger partial charge in [-0.2, -0.15) is 0 Å². The number of rotatable bonds is 5. The largest absolute Gasteiger partial charge is 0.352 e. The summed E-state index contributed by atoms with van der Waals surface area (Å²) in [6.07, 6.45) is 6.19. The number of aromatic nitrogens is 1. The van der Waals surface area contributed by atoms with Gasteiger partial charge in [-0.25, -0.2) is 4.79 Å². The highest BCUT2D eigenvalue weighted by atomic mass is 16.2. The number of benzene rings is 1. The van der Waals surface area contributed by atoms with E-state index in [1.54, 1.807) is 12.4 Å². The number of hydrogen-bond donors (Lipinski definition) is 2. The molecule has 6 heteroatoms. The molecule has 1 spiro atoms. The number of anilines is 1. The Kier molecular flexibility index (Phi) is 5.03. The van der Waals surface area contributed by atoms with Crippen LogP contribution in [0.5, 0.6) is 0 Å². The Morgan fingerprint density at radius 2 is 1.89 bits per heavy atom. The molecule has 0 radical (unpaired) electrons. The molecule has 2 fully saturated rings. The second kappa shape index (κ2) is 7.62. The summed E-state index contributed by atoms with van der Waals surface area (Å²) < 4.78 is 0. The molecular weight excluding hydrogens is 352 g/mol. The molecule has 1 saturated heterocycles. The van der Waals surface area contributed by atoms with Crippen LogP contribution in [0.2, 0.25) is 0 Å². The molecule has 0 unspecified atom stereocenters. The Balaban J connectivity index is 1.27. The molecular formula is C22H26N4O2. The third-order valence-electron chi connectivity index (χ3n) is 6.01. The maximum absolute atomic E-state index is 12.6. The van der Waals surface area contributed by atoms with E-state index in [9.17, 15) is 9.59 Å². The van der Waals surface area contributed by atoms with E-state index in [1.807, 2.05) is 41.3 Å². The van der Waals surface area contributed by atoms with E-state index in [0.717, 1.165) is 30.5 Å². The number of amides is 3. The minimum Gasteiger partial charge on any atom is -0.352 e. The summed E-state index contributed by atoms with van der Waals surface area (Å²) in [4.78, 5) is 30.9. The Morgan fingerprint density at radius 3 is 2.61 bits per heavy atom.